The SMILES string of the molecule is Cc1ccc(-n2ccc(-c3ccccc3)c2C(=O)c2ccccc2)cc1. The lowest BCUT2D eigenvalue weighted by Crippen LogP contribution is -2.09. The maximum Gasteiger partial charge on any atom is 0.210 e. The van der Waals surface area contributed by atoms with Crippen LogP contribution in [0.25, 0.3) is 16.8 Å². The first-order valence-electron chi connectivity index (χ1n) is 8.67. The van der Waals surface area contributed by atoms with Gasteiger partial charge in [0.15, 0.2) is 0 Å². The van der Waals surface area contributed by atoms with Gasteiger partial charge in [-0.2, -0.15) is 0 Å². The lowest BCUT2D eigenvalue weighted by molar-refractivity contribution is 0.103. The summed E-state index contributed by atoms with van der Waals surface area (Å²) in [6, 6.07) is 29.7. The molecule has 4 aromatic rings. The molecule has 3 aromatic carbocycles. The van der Waals surface area contributed by atoms with E-state index >= 15 is 0 Å². The normalized spacial score (nSPS) is 10.7. The van der Waals surface area contributed by atoms with Gasteiger partial charge in [-0.05, 0) is 30.7 Å². The Morgan fingerprint density at radius 3 is 2.00 bits per heavy atom. The maximum absolute atomic E-state index is 13.3. The Morgan fingerprint density at radius 2 is 1.35 bits per heavy atom. The Hall–Kier alpha value is -3.39. The summed E-state index contributed by atoms with van der Waals surface area (Å²) in [4.78, 5) is 13.3. The van der Waals surface area contributed by atoms with Crippen molar-refractivity contribution in [1.29, 1.82) is 0 Å². The number of ketones is 1. The minimum absolute atomic E-state index is 0.0232. The van der Waals surface area contributed by atoms with Gasteiger partial charge in [0.2, 0.25) is 5.78 Å². The molecule has 0 aliphatic carbocycles. The Kier molecular flexibility index (Phi) is 4.24. The van der Waals surface area contributed by atoms with Crippen LogP contribution in [0.2, 0.25) is 0 Å². The molecule has 0 aliphatic rings. The summed E-state index contributed by atoms with van der Waals surface area (Å²) in [5, 5.41) is 0. The van der Waals surface area contributed by atoms with Gasteiger partial charge in [0, 0.05) is 23.0 Å². The second kappa shape index (κ2) is 6.85. The molecule has 0 spiro atoms. The summed E-state index contributed by atoms with van der Waals surface area (Å²) in [5.41, 5.74) is 5.54. The van der Waals surface area contributed by atoms with E-state index in [1.54, 1.807) is 0 Å². The van der Waals surface area contributed by atoms with Crippen LogP contribution in [0.15, 0.2) is 97.2 Å². The highest BCUT2D eigenvalue weighted by Crippen LogP contribution is 2.29. The van der Waals surface area contributed by atoms with E-state index in [1.807, 2.05) is 89.6 Å². The molecule has 1 heterocycles. The molecule has 0 amide bonds. The van der Waals surface area contributed by atoms with Crippen LogP contribution in [-0.4, -0.2) is 10.4 Å². The molecule has 0 N–H and O–H groups in total. The van der Waals surface area contributed by atoms with Gasteiger partial charge in [0.1, 0.15) is 5.69 Å². The van der Waals surface area contributed by atoms with E-state index in [0.717, 1.165) is 16.8 Å². The number of benzene rings is 3. The molecule has 0 fully saturated rings. The first-order chi connectivity index (χ1) is 12.7. The van der Waals surface area contributed by atoms with Gasteiger partial charge in [0.25, 0.3) is 0 Å². The third kappa shape index (κ3) is 2.98. The largest absolute Gasteiger partial charge is 0.313 e. The van der Waals surface area contributed by atoms with Crippen LogP contribution in [0.3, 0.4) is 0 Å². The summed E-state index contributed by atoms with van der Waals surface area (Å²) in [6.07, 6.45) is 1.98. The number of aromatic nitrogens is 1. The quantitative estimate of drug-likeness (QED) is 0.439. The van der Waals surface area contributed by atoms with Crippen molar-refractivity contribution in [2.24, 2.45) is 0 Å². The molecule has 0 radical (unpaired) electrons. The predicted octanol–water partition coefficient (Wildman–Crippen LogP) is 5.68. The Bertz CT molecular complexity index is 1030. The fourth-order valence-electron chi connectivity index (χ4n) is 3.16. The van der Waals surface area contributed by atoms with Gasteiger partial charge in [-0.3, -0.25) is 4.79 Å². The van der Waals surface area contributed by atoms with Crippen LogP contribution in [0.1, 0.15) is 21.6 Å². The van der Waals surface area contributed by atoms with Crippen molar-refractivity contribution in [3.8, 4) is 16.8 Å². The van der Waals surface area contributed by atoms with Crippen molar-refractivity contribution in [3.05, 3.63) is 114 Å². The van der Waals surface area contributed by atoms with E-state index in [-0.39, 0.29) is 5.78 Å². The fourth-order valence-corrected chi connectivity index (χ4v) is 3.16. The highest BCUT2D eigenvalue weighted by molar-refractivity contribution is 6.12. The summed E-state index contributed by atoms with van der Waals surface area (Å²) < 4.78 is 1.98. The first-order valence-corrected chi connectivity index (χ1v) is 8.67. The highest BCUT2D eigenvalue weighted by atomic mass is 16.1. The highest BCUT2D eigenvalue weighted by Gasteiger charge is 2.20. The van der Waals surface area contributed by atoms with Crippen LogP contribution >= 0.6 is 0 Å². The minimum atomic E-state index is 0.0232. The van der Waals surface area contributed by atoms with Gasteiger partial charge >= 0.3 is 0 Å². The molecule has 0 bridgehead atoms. The van der Waals surface area contributed by atoms with Gasteiger partial charge in [0.05, 0.1) is 0 Å². The van der Waals surface area contributed by atoms with Crippen LogP contribution in [0, 0.1) is 6.92 Å². The summed E-state index contributed by atoms with van der Waals surface area (Å²) in [7, 11) is 0. The molecule has 2 nitrogen and oxygen atoms in total. The predicted molar refractivity (Wildman–Crippen MR) is 106 cm³/mol. The lowest BCUT2D eigenvalue weighted by Gasteiger charge is -2.12. The Balaban J connectivity index is 1.92. The number of hydrogen-bond donors (Lipinski definition) is 0. The molecule has 26 heavy (non-hydrogen) atoms. The minimum Gasteiger partial charge on any atom is -0.313 e. The number of rotatable bonds is 4. The van der Waals surface area contributed by atoms with E-state index in [4.69, 9.17) is 0 Å². The van der Waals surface area contributed by atoms with Crippen molar-refractivity contribution in [2.45, 2.75) is 6.92 Å². The maximum atomic E-state index is 13.3. The number of hydrogen-bond acceptors (Lipinski definition) is 1. The average molecular weight is 337 g/mol. The second-order valence-corrected chi connectivity index (χ2v) is 6.34. The first kappa shape index (κ1) is 16.1. The monoisotopic (exact) mass is 337 g/mol. The molecule has 4 rings (SSSR count). The number of nitrogens with zero attached hydrogens (tertiary/aromatic N) is 1. The number of carbonyl (C=O) groups is 1. The Labute approximate surface area is 153 Å². The molecular weight excluding hydrogens is 318 g/mol. The number of carbonyl (C=O) groups excluding carboxylic acids is 1. The zero-order valence-electron chi connectivity index (χ0n) is 14.6. The third-order valence-electron chi connectivity index (χ3n) is 4.53. The van der Waals surface area contributed by atoms with E-state index in [9.17, 15) is 4.79 Å². The van der Waals surface area contributed by atoms with E-state index < -0.39 is 0 Å². The zero-order chi connectivity index (χ0) is 17.9. The zero-order valence-corrected chi connectivity index (χ0v) is 14.6. The van der Waals surface area contributed by atoms with Gasteiger partial charge in [-0.15, -0.1) is 0 Å². The molecule has 0 aliphatic heterocycles. The summed E-state index contributed by atoms with van der Waals surface area (Å²) >= 11 is 0. The molecule has 0 saturated carbocycles. The van der Waals surface area contributed by atoms with Crippen LogP contribution < -0.4 is 0 Å². The molecular formula is C24H19NO. The van der Waals surface area contributed by atoms with E-state index in [2.05, 4.69) is 19.1 Å². The van der Waals surface area contributed by atoms with Crippen molar-refractivity contribution in [3.63, 3.8) is 0 Å². The second-order valence-electron chi connectivity index (χ2n) is 6.34. The molecule has 0 saturated heterocycles. The summed E-state index contributed by atoms with van der Waals surface area (Å²) in [5.74, 6) is 0.0232. The van der Waals surface area contributed by atoms with Crippen LogP contribution in [0.4, 0.5) is 0 Å². The van der Waals surface area contributed by atoms with Crippen molar-refractivity contribution in [1.82, 2.24) is 4.57 Å². The van der Waals surface area contributed by atoms with E-state index in [0.29, 0.717) is 11.3 Å². The molecule has 0 atom stereocenters. The van der Waals surface area contributed by atoms with Crippen molar-refractivity contribution in [2.75, 3.05) is 0 Å². The Morgan fingerprint density at radius 1 is 0.731 bits per heavy atom. The smallest absolute Gasteiger partial charge is 0.210 e. The topological polar surface area (TPSA) is 22.0 Å². The van der Waals surface area contributed by atoms with Crippen molar-refractivity contribution >= 4 is 5.78 Å². The molecule has 1 aromatic heterocycles. The lowest BCUT2D eigenvalue weighted by atomic mass is 10.00. The molecule has 0 unspecified atom stereocenters. The molecule has 2 heteroatoms. The summed E-state index contributed by atoms with van der Waals surface area (Å²) in [6.45, 7) is 2.06. The van der Waals surface area contributed by atoms with Crippen LogP contribution in [0.5, 0.6) is 0 Å². The molecule has 126 valence electrons. The standard InChI is InChI=1S/C24H19NO/c1-18-12-14-21(15-13-18)25-17-16-22(19-8-4-2-5-9-19)23(25)24(26)20-10-6-3-7-11-20/h2-17H,1H3. The van der Waals surface area contributed by atoms with Crippen LogP contribution in [-0.2, 0) is 0 Å². The van der Waals surface area contributed by atoms with Crippen molar-refractivity contribution < 1.29 is 4.79 Å². The fraction of sp³-hybridized carbons (Fsp3) is 0.0417. The van der Waals surface area contributed by atoms with Gasteiger partial charge in [-0.1, -0.05) is 78.4 Å². The third-order valence-corrected chi connectivity index (χ3v) is 4.53. The van der Waals surface area contributed by atoms with Gasteiger partial charge in [-0.25, -0.2) is 0 Å². The average Bonchev–Trinajstić information content (AvgIpc) is 3.14. The number of aryl methyl sites for hydroxylation is 1. The van der Waals surface area contributed by atoms with E-state index in [1.165, 1.54) is 5.56 Å². The van der Waals surface area contributed by atoms with Gasteiger partial charge < -0.3 is 4.57 Å².